The fourth-order valence-electron chi connectivity index (χ4n) is 0. The van der Waals surface area contributed by atoms with E-state index in [-0.39, 0.29) is 38.4 Å². The molecule has 12 nitrogen and oxygen atoms in total. The van der Waals surface area contributed by atoms with Gasteiger partial charge in [0.1, 0.15) is 0 Å². The van der Waals surface area contributed by atoms with Crippen molar-refractivity contribution in [2.45, 2.75) is 0 Å². The molecule has 0 atom stereocenters. The molecule has 0 rings (SSSR count). The summed E-state index contributed by atoms with van der Waals surface area (Å²) in [6.07, 6.45) is 0. The Morgan fingerprint density at radius 3 is 0.667 bits per heavy atom. The summed E-state index contributed by atoms with van der Waals surface area (Å²) in [7, 11) is -8.33. The van der Waals surface area contributed by atoms with Crippen molar-refractivity contribution in [3.63, 3.8) is 0 Å². The van der Waals surface area contributed by atoms with Crippen LogP contribution in [0.4, 0.5) is 0 Å². The Morgan fingerprint density at radius 2 is 0.667 bits per heavy atom. The van der Waals surface area contributed by atoms with Gasteiger partial charge >= 0.3 is 20.6 Å². The minimum absolute atomic E-state index is 0. The summed E-state index contributed by atoms with van der Waals surface area (Å²) in [4.78, 5) is 0. The fraction of sp³-hybridized carbons (Fsp3) is 0. The standard InChI is InChI=1S/2H3NO3S.Ni.4H2O/c2*1-5(2,3)4;;;;;/h2*(H3,1,2,3,4);;4*1H2. The van der Waals surface area contributed by atoms with Crippen molar-refractivity contribution >= 4 is 20.6 Å². The molecule has 0 aromatic rings. The average Bonchev–Trinajstić information content (AvgIpc) is 1.12. The first-order chi connectivity index (χ1) is 4.00. The summed E-state index contributed by atoms with van der Waals surface area (Å²) < 4.78 is 50.4. The van der Waals surface area contributed by atoms with Crippen LogP contribution in [0.15, 0.2) is 0 Å². The zero-order chi connectivity index (χ0) is 9.00. The van der Waals surface area contributed by atoms with Crippen molar-refractivity contribution < 1.29 is 64.3 Å². The second-order valence-electron chi connectivity index (χ2n) is 1.03. The number of hydrogen-bond acceptors (Lipinski definition) is 4. The SMILES string of the molecule is NS(=O)(=O)O.NS(=O)(=O)O.O.O.O.O.[Ni]. The zero-order valence-corrected chi connectivity index (χ0v) is 9.44. The van der Waals surface area contributed by atoms with Gasteiger partial charge in [0.05, 0.1) is 0 Å². The molecule has 0 amide bonds. The van der Waals surface area contributed by atoms with Gasteiger partial charge in [0.15, 0.2) is 0 Å². The van der Waals surface area contributed by atoms with Gasteiger partial charge in [-0.3, -0.25) is 9.11 Å². The van der Waals surface area contributed by atoms with Crippen molar-refractivity contribution in [2.24, 2.45) is 10.3 Å². The van der Waals surface area contributed by atoms with Crippen LogP contribution < -0.4 is 10.3 Å². The van der Waals surface area contributed by atoms with Crippen molar-refractivity contribution in [3.05, 3.63) is 0 Å². The summed E-state index contributed by atoms with van der Waals surface area (Å²) in [6, 6.07) is 0. The molecule has 0 radical (unpaired) electrons. The van der Waals surface area contributed by atoms with Crippen molar-refractivity contribution in [2.75, 3.05) is 0 Å². The van der Waals surface area contributed by atoms with Gasteiger partial charge < -0.3 is 21.9 Å². The maximum Gasteiger partial charge on any atom is 0.330 e. The second-order valence-corrected chi connectivity index (χ2v) is 3.09. The molecule has 106 valence electrons. The molecule has 0 aromatic heterocycles. The Labute approximate surface area is 95.6 Å². The number of rotatable bonds is 0. The quantitative estimate of drug-likeness (QED) is 0.248. The van der Waals surface area contributed by atoms with Gasteiger partial charge in [-0.05, 0) is 0 Å². The molecule has 0 fully saturated rings. The van der Waals surface area contributed by atoms with E-state index in [0.29, 0.717) is 0 Å². The average molecular weight is 325 g/mol. The summed E-state index contributed by atoms with van der Waals surface area (Å²) in [5.41, 5.74) is 0. The van der Waals surface area contributed by atoms with Crippen LogP contribution in [0, 0.1) is 0 Å². The third-order valence-electron chi connectivity index (χ3n) is 0. The van der Waals surface area contributed by atoms with Gasteiger partial charge in [0, 0.05) is 16.5 Å². The molecule has 0 aromatic carbocycles. The normalized spacial score (nSPS) is 7.73. The third kappa shape index (κ3) is 380000. The molecule has 0 aliphatic carbocycles. The van der Waals surface area contributed by atoms with E-state index in [0.717, 1.165) is 0 Å². The Balaban J connectivity index is -0.0000000128. The maximum atomic E-state index is 8.97. The third-order valence-corrected chi connectivity index (χ3v) is 0. The van der Waals surface area contributed by atoms with Gasteiger partial charge in [0.2, 0.25) is 0 Å². The van der Waals surface area contributed by atoms with Crippen LogP contribution in [0.1, 0.15) is 0 Å². The molecule has 0 heterocycles. The van der Waals surface area contributed by atoms with Crippen LogP contribution in [0.3, 0.4) is 0 Å². The van der Waals surface area contributed by atoms with Crippen molar-refractivity contribution in [3.8, 4) is 0 Å². The second kappa shape index (κ2) is 16.5. The molecule has 0 saturated carbocycles. The Bertz CT molecular complexity index is 218. The van der Waals surface area contributed by atoms with Gasteiger partial charge in [-0.2, -0.15) is 16.8 Å². The van der Waals surface area contributed by atoms with Gasteiger partial charge in [-0.1, -0.05) is 0 Å². The number of nitrogens with two attached hydrogens (primary N) is 2. The summed E-state index contributed by atoms with van der Waals surface area (Å²) >= 11 is 0. The van der Waals surface area contributed by atoms with Crippen molar-refractivity contribution in [1.29, 1.82) is 0 Å². The molecular weight excluding hydrogens is 311 g/mol. The van der Waals surface area contributed by atoms with E-state index >= 15 is 0 Å². The molecule has 15 heteroatoms. The predicted octanol–water partition coefficient (Wildman–Crippen LogP) is -5.81. The van der Waals surface area contributed by atoms with Crippen LogP contribution in [0.2, 0.25) is 0 Å². The van der Waals surface area contributed by atoms with E-state index in [1.54, 1.807) is 0 Å². The van der Waals surface area contributed by atoms with Crippen LogP contribution in [-0.2, 0) is 37.1 Å². The van der Waals surface area contributed by atoms with E-state index in [1.165, 1.54) is 0 Å². The molecule has 0 saturated heterocycles. The largest absolute Gasteiger partial charge is 0.412 e. The van der Waals surface area contributed by atoms with Gasteiger partial charge in [-0.25, -0.2) is 10.3 Å². The fourth-order valence-corrected chi connectivity index (χ4v) is 0. The number of hydrogen-bond donors (Lipinski definition) is 4. The van der Waals surface area contributed by atoms with E-state index < -0.39 is 20.6 Å². The first-order valence-corrected chi connectivity index (χ1v) is 4.51. The maximum absolute atomic E-state index is 8.97. The van der Waals surface area contributed by atoms with Gasteiger partial charge in [0.25, 0.3) is 0 Å². The Morgan fingerprint density at radius 1 is 0.667 bits per heavy atom. The molecule has 15 heavy (non-hydrogen) atoms. The molecule has 0 aliphatic heterocycles. The summed E-state index contributed by atoms with van der Waals surface area (Å²) in [5, 5.41) is 7.76. The first-order valence-electron chi connectivity index (χ1n) is 1.50. The van der Waals surface area contributed by atoms with Crippen molar-refractivity contribution in [1.82, 2.24) is 0 Å². The molecule has 0 spiro atoms. The minimum atomic E-state index is -4.17. The summed E-state index contributed by atoms with van der Waals surface area (Å²) in [5.74, 6) is 0. The Hall–Kier alpha value is 0.0735. The molecule has 0 bridgehead atoms. The molecule has 0 aliphatic rings. The van der Waals surface area contributed by atoms with E-state index in [9.17, 15) is 0 Å². The predicted molar refractivity (Wildman–Crippen MR) is 45.9 cm³/mol. The molecular formula is H14N2NiO10S2. The van der Waals surface area contributed by atoms with E-state index in [4.69, 9.17) is 25.9 Å². The minimum Gasteiger partial charge on any atom is -0.412 e. The van der Waals surface area contributed by atoms with E-state index in [2.05, 4.69) is 10.3 Å². The topological polar surface area (TPSA) is 287 Å². The van der Waals surface area contributed by atoms with Crippen LogP contribution in [0.5, 0.6) is 0 Å². The zero-order valence-electron chi connectivity index (χ0n) is 6.81. The van der Waals surface area contributed by atoms with Gasteiger partial charge in [-0.15, -0.1) is 0 Å². The smallest absolute Gasteiger partial charge is 0.330 e. The molecule has 14 N–H and O–H groups in total. The first kappa shape index (κ1) is 45.8. The van der Waals surface area contributed by atoms with Crippen LogP contribution in [-0.4, -0.2) is 47.8 Å². The Kier molecular flexibility index (Phi) is 50.4. The van der Waals surface area contributed by atoms with Crippen LogP contribution in [0.25, 0.3) is 0 Å². The molecule has 0 unspecified atom stereocenters. The van der Waals surface area contributed by atoms with Crippen LogP contribution >= 0.6 is 0 Å². The van der Waals surface area contributed by atoms with E-state index in [1.807, 2.05) is 0 Å². The monoisotopic (exact) mass is 324 g/mol. The summed E-state index contributed by atoms with van der Waals surface area (Å²) in [6.45, 7) is 0.